The second-order valence-corrected chi connectivity index (χ2v) is 2.52. The van der Waals surface area contributed by atoms with Crippen molar-refractivity contribution in [2.24, 2.45) is 5.73 Å². The molecule has 0 aromatic heterocycles. The Labute approximate surface area is 70.2 Å². The topological polar surface area (TPSA) is 43.1 Å². The Morgan fingerprint density at radius 1 is 1.50 bits per heavy atom. The fraction of sp³-hybridized carbons (Fsp3) is 0.222. The maximum Gasteiger partial charge on any atom is 0.217 e. The summed E-state index contributed by atoms with van der Waals surface area (Å²) in [6.07, 6.45) is 1.81. The summed E-state index contributed by atoms with van der Waals surface area (Å²) in [4.78, 5) is 10.0. The van der Waals surface area contributed by atoms with Crippen molar-refractivity contribution < 1.29 is 9.18 Å². The van der Waals surface area contributed by atoms with Crippen LogP contribution in [0.3, 0.4) is 0 Å². The van der Waals surface area contributed by atoms with E-state index in [1.807, 2.05) is 0 Å². The molecule has 0 aliphatic heterocycles. The molecule has 2 N–H and O–H groups in total. The number of benzene rings is 1. The molecule has 12 heavy (non-hydrogen) atoms. The van der Waals surface area contributed by atoms with Crippen LogP contribution in [0.5, 0.6) is 0 Å². The fourth-order valence-electron chi connectivity index (χ4n) is 0.943. The van der Waals surface area contributed by atoms with Gasteiger partial charge in [0, 0.05) is 0 Å². The van der Waals surface area contributed by atoms with E-state index >= 15 is 0 Å². The van der Waals surface area contributed by atoms with Gasteiger partial charge in [-0.1, -0.05) is 18.2 Å². The number of hydrogen-bond donors (Lipinski definition) is 1. The van der Waals surface area contributed by atoms with E-state index in [4.69, 9.17) is 5.73 Å². The van der Waals surface area contributed by atoms with Crippen LogP contribution in [0, 0.1) is 5.82 Å². The molecule has 0 fully saturated rings. The van der Waals surface area contributed by atoms with Crippen molar-refractivity contribution in [1.29, 1.82) is 0 Å². The second kappa shape index (κ2) is 3.97. The van der Waals surface area contributed by atoms with E-state index in [0.717, 1.165) is 0 Å². The van der Waals surface area contributed by atoms with Gasteiger partial charge < -0.3 is 5.73 Å². The highest BCUT2D eigenvalue weighted by atomic mass is 19.1. The van der Waals surface area contributed by atoms with Gasteiger partial charge >= 0.3 is 0 Å². The summed E-state index contributed by atoms with van der Waals surface area (Å²) in [7, 11) is 0. The molecular formula is C9H9FNO. The van der Waals surface area contributed by atoms with Gasteiger partial charge in [0.25, 0.3) is 0 Å². The lowest BCUT2D eigenvalue weighted by molar-refractivity contribution is 0.537. The number of hydrogen-bond acceptors (Lipinski definition) is 2. The average Bonchev–Trinajstić information content (AvgIpc) is 2.09. The second-order valence-electron chi connectivity index (χ2n) is 2.52. The van der Waals surface area contributed by atoms with Gasteiger partial charge in [-0.15, -0.1) is 0 Å². The molecule has 0 aliphatic rings. The minimum Gasteiger partial charge on any atom is -0.321 e. The lowest BCUT2D eigenvalue weighted by atomic mass is 10.1. The SMILES string of the molecule is N[C@H]([C]=O)Cc1ccccc1F. The van der Waals surface area contributed by atoms with Crippen LogP contribution in [0.25, 0.3) is 0 Å². The highest BCUT2D eigenvalue weighted by Crippen LogP contribution is 2.07. The number of nitrogens with two attached hydrogens (primary N) is 1. The van der Waals surface area contributed by atoms with Crippen LogP contribution in [0.2, 0.25) is 0 Å². The minimum atomic E-state index is -0.734. The van der Waals surface area contributed by atoms with Crippen LogP contribution in [0.4, 0.5) is 4.39 Å². The van der Waals surface area contributed by atoms with E-state index in [-0.39, 0.29) is 12.2 Å². The molecule has 0 heterocycles. The summed E-state index contributed by atoms with van der Waals surface area (Å²) >= 11 is 0. The van der Waals surface area contributed by atoms with E-state index in [1.54, 1.807) is 24.5 Å². The predicted molar refractivity (Wildman–Crippen MR) is 43.8 cm³/mol. The Bertz CT molecular complexity index is 275. The van der Waals surface area contributed by atoms with Gasteiger partial charge in [-0.25, -0.2) is 4.39 Å². The molecule has 1 atom stereocenters. The summed E-state index contributed by atoms with van der Waals surface area (Å²) in [6.45, 7) is 0. The largest absolute Gasteiger partial charge is 0.321 e. The summed E-state index contributed by atoms with van der Waals surface area (Å²) in [6, 6.07) is 5.51. The molecule has 0 unspecified atom stereocenters. The maximum absolute atomic E-state index is 12.9. The number of carbonyl (C=O) groups excluding carboxylic acids is 1. The molecule has 1 radical (unpaired) electrons. The smallest absolute Gasteiger partial charge is 0.217 e. The van der Waals surface area contributed by atoms with Crippen molar-refractivity contribution in [1.82, 2.24) is 0 Å². The summed E-state index contributed by atoms with van der Waals surface area (Å²) in [5.41, 5.74) is 5.74. The molecule has 0 saturated heterocycles. The Morgan fingerprint density at radius 2 is 2.17 bits per heavy atom. The molecular weight excluding hydrogens is 157 g/mol. The zero-order valence-electron chi connectivity index (χ0n) is 6.46. The quantitative estimate of drug-likeness (QED) is 0.721. The maximum atomic E-state index is 12.9. The van der Waals surface area contributed by atoms with Gasteiger partial charge in [0.2, 0.25) is 6.29 Å². The summed E-state index contributed by atoms with van der Waals surface area (Å²) in [5, 5.41) is 0. The van der Waals surface area contributed by atoms with Crippen LogP contribution in [0.15, 0.2) is 24.3 Å². The van der Waals surface area contributed by atoms with Crippen LogP contribution < -0.4 is 5.73 Å². The van der Waals surface area contributed by atoms with Crippen molar-refractivity contribution in [2.75, 3.05) is 0 Å². The van der Waals surface area contributed by atoms with Crippen LogP contribution in [-0.2, 0) is 11.2 Å². The van der Waals surface area contributed by atoms with Gasteiger partial charge in [-0.3, -0.25) is 4.79 Å². The molecule has 0 amide bonds. The molecule has 0 saturated carbocycles. The predicted octanol–water partition coefficient (Wildman–Crippen LogP) is 0.805. The fourth-order valence-corrected chi connectivity index (χ4v) is 0.943. The minimum absolute atomic E-state index is 0.205. The van der Waals surface area contributed by atoms with Crippen LogP contribution in [-0.4, -0.2) is 12.3 Å². The number of rotatable bonds is 3. The third-order valence-electron chi connectivity index (χ3n) is 1.55. The lowest BCUT2D eigenvalue weighted by Gasteiger charge is -2.03. The van der Waals surface area contributed by atoms with E-state index in [9.17, 15) is 9.18 Å². The standard InChI is InChI=1S/C9H9FNO/c10-9-4-2-1-3-7(9)5-8(11)6-12/h1-4,8H,5,11H2/t8-/m0/s1. The monoisotopic (exact) mass is 166 g/mol. The third-order valence-corrected chi connectivity index (χ3v) is 1.55. The highest BCUT2D eigenvalue weighted by molar-refractivity contribution is 5.58. The molecule has 3 heteroatoms. The van der Waals surface area contributed by atoms with Gasteiger partial charge in [0.15, 0.2) is 0 Å². The summed E-state index contributed by atoms with van der Waals surface area (Å²) < 4.78 is 12.9. The van der Waals surface area contributed by atoms with Gasteiger partial charge in [0.05, 0.1) is 6.04 Å². The normalized spacial score (nSPS) is 12.5. The van der Waals surface area contributed by atoms with Crippen molar-refractivity contribution >= 4 is 6.29 Å². The van der Waals surface area contributed by atoms with Gasteiger partial charge in [-0.2, -0.15) is 0 Å². The first-order valence-electron chi connectivity index (χ1n) is 3.60. The van der Waals surface area contributed by atoms with E-state index in [1.165, 1.54) is 6.07 Å². The highest BCUT2D eigenvalue weighted by Gasteiger charge is 2.06. The Kier molecular flexibility index (Phi) is 2.94. The van der Waals surface area contributed by atoms with Crippen molar-refractivity contribution in [2.45, 2.75) is 12.5 Å². The van der Waals surface area contributed by atoms with Crippen molar-refractivity contribution in [3.05, 3.63) is 35.6 Å². The van der Waals surface area contributed by atoms with Gasteiger partial charge in [-0.05, 0) is 18.1 Å². The first-order chi connectivity index (χ1) is 5.74. The molecule has 1 aromatic carbocycles. The molecule has 0 spiro atoms. The first-order valence-corrected chi connectivity index (χ1v) is 3.60. The van der Waals surface area contributed by atoms with E-state index < -0.39 is 6.04 Å². The third kappa shape index (κ3) is 2.13. The van der Waals surface area contributed by atoms with Crippen molar-refractivity contribution in [3.63, 3.8) is 0 Å². The zero-order chi connectivity index (χ0) is 8.97. The van der Waals surface area contributed by atoms with Gasteiger partial charge in [0.1, 0.15) is 5.82 Å². The Hall–Kier alpha value is -1.22. The Morgan fingerprint density at radius 3 is 2.75 bits per heavy atom. The van der Waals surface area contributed by atoms with E-state index in [0.29, 0.717) is 5.56 Å². The molecule has 1 rings (SSSR count). The molecule has 0 bridgehead atoms. The molecule has 1 aromatic rings. The molecule has 2 nitrogen and oxygen atoms in total. The lowest BCUT2D eigenvalue weighted by Crippen LogP contribution is -2.24. The first kappa shape index (κ1) is 8.87. The number of halogens is 1. The average molecular weight is 166 g/mol. The zero-order valence-corrected chi connectivity index (χ0v) is 6.46. The van der Waals surface area contributed by atoms with Crippen LogP contribution >= 0.6 is 0 Å². The van der Waals surface area contributed by atoms with Crippen molar-refractivity contribution in [3.8, 4) is 0 Å². The Balaban J connectivity index is 2.75. The molecule has 0 aliphatic carbocycles. The summed E-state index contributed by atoms with van der Waals surface area (Å²) in [5.74, 6) is -0.330. The van der Waals surface area contributed by atoms with E-state index in [2.05, 4.69) is 0 Å². The van der Waals surface area contributed by atoms with Crippen LogP contribution in [0.1, 0.15) is 5.56 Å². The molecule has 63 valence electrons.